The molecule has 0 fully saturated rings. The number of nitrogens with zero attached hydrogens (tertiary/aromatic N) is 1. The van der Waals surface area contributed by atoms with E-state index in [1.54, 1.807) is 24.3 Å². The molecular formula is C21H16N2O2S2. The van der Waals surface area contributed by atoms with Gasteiger partial charge in [-0.25, -0.2) is 4.98 Å². The van der Waals surface area contributed by atoms with Gasteiger partial charge < -0.3 is 0 Å². The summed E-state index contributed by atoms with van der Waals surface area (Å²) >= 11 is 1.37. The molecule has 1 aromatic heterocycles. The zero-order valence-corrected chi connectivity index (χ0v) is 15.9. The van der Waals surface area contributed by atoms with Crippen molar-refractivity contribution in [2.45, 2.75) is 5.03 Å². The predicted molar refractivity (Wildman–Crippen MR) is 110 cm³/mol. The van der Waals surface area contributed by atoms with E-state index in [1.807, 2.05) is 66.7 Å². The van der Waals surface area contributed by atoms with Crippen molar-refractivity contribution in [2.75, 3.05) is 4.72 Å². The van der Waals surface area contributed by atoms with Crippen molar-refractivity contribution in [1.82, 2.24) is 4.98 Å². The Kier molecular flexibility index (Phi) is 4.75. The van der Waals surface area contributed by atoms with Gasteiger partial charge in [0.1, 0.15) is 5.01 Å². The van der Waals surface area contributed by atoms with Crippen molar-refractivity contribution in [1.29, 1.82) is 0 Å². The third kappa shape index (κ3) is 3.77. The third-order valence-electron chi connectivity index (χ3n) is 3.93. The SMILES string of the molecule is O=S(=O)(Nc1ccccc1)c1nc(-c2ccccc2)sc1-c1ccccc1. The maximum absolute atomic E-state index is 13.1. The summed E-state index contributed by atoms with van der Waals surface area (Å²) in [4.78, 5) is 5.12. The first-order chi connectivity index (χ1) is 13.1. The van der Waals surface area contributed by atoms with E-state index in [0.717, 1.165) is 11.1 Å². The number of aromatic nitrogens is 1. The van der Waals surface area contributed by atoms with Crippen LogP contribution in [-0.4, -0.2) is 13.4 Å². The molecule has 0 aliphatic heterocycles. The monoisotopic (exact) mass is 392 g/mol. The van der Waals surface area contributed by atoms with Crippen LogP contribution < -0.4 is 4.72 Å². The molecule has 4 rings (SSSR count). The molecule has 0 spiro atoms. The normalized spacial score (nSPS) is 11.3. The largest absolute Gasteiger partial charge is 0.280 e. The molecule has 27 heavy (non-hydrogen) atoms. The van der Waals surface area contributed by atoms with Crippen LogP contribution in [0.15, 0.2) is 96.0 Å². The molecule has 0 aliphatic rings. The molecule has 0 aliphatic carbocycles. The Balaban J connectivity index is 1.84. The molecule has 0 saturated heterocycles. The second-order valence-electron chi connectivity index (χ2n) is 5.86. The topological polar surface area (TPSA) is 59.1 Å². The summed E-state index contributed by atoms with van der Waals surface area (Å²) < 4.78 is 28.8. The van der Waals surface area contributed by atoms with Crippen LogP contribution in [0.1, 0.15) is 0 Å². The molecule has 1 N–H and O–H groups in total. The van der Waals surface area contributed by atoms with E-state index in [0.29, 0.717) is 15.6 Å². The quantitative estimate of drug-likeness (QED) is 0.503. The highest BCUT2D eigenvalue weighted by Crippen LogP contribution is 2.38. The first-order valence-electron chi connectivity index (χ1n) is 8.33. The lowest BCUT2D eigenvalue weighted by molar-refractivity contribution is 0.598. The van der Waals surface area contributed by atoms with Crippen LogP contribution in [0.5, 0.6) is 0 Å². The fraction of sp³-hybridized carbons (Fsp3) is 0. The Morgan fingerprint density at radius 2 is 1.22 bits per heavy atom. The van der Waals surface area contributed by atoms with Gasteiger partial charge in [-0.15, -0.1) is 11.3 Å². The summed E-state index contributed by atoms with van der Waals surface area (Å²) in [5, 5.41) is 0.712. The van der Waals surface area contributed by atoms with Crippen LogP contribution in [0.4, 0.5) is 5.69 Å². The van der Waals surface area contributed by atoms with Gasteiger partial charge in [0, 0.05) is 11.3 Å². The van der Waals surface area contributed by atoms with Gasteiger partial charge in [0.15, 0.2) is 5.03 Å². The average molecular weight is 393 g/mol. The van der Waals surface area contributed by atoms with Crippen molar-refractivity contribution < 1.29 is 8.42 Å². The number of anilines is 1. The van der Waals surface area contributed by atoms with Crippen LogP contribution in [0.2, 0.25) is 0 Å². The minimum absolute atomic E-state index is 0.0430. The second-order valence-corrected chi connectivity index (χ2v) is 8.45. The molecule has 134 valence electrons. The minimum atomic E-state index is -3.83. The lowest BCUT2D eigenvalue weighted by Gasteiger charge is -2.07. The number of thiazole rings is 1. The molecule has 1 heterocycles. The lowest BCUT2D eigenvalue weighted by Crippen LogP contribution is -2.14. The van der Waals surface area contributed by atoms with Crippen molar-refractivity contribution in [2.24, 2.45) is 0 Å². The van der Waals surface area contributed by atoms with Crippen LogP contribution in [0.3, 0.4) is 0 Å². The summed E-state index contributed by atoms with van der Waals surface area (Å²) in [5.74, 6) is 0. The minimum Gasteiger partial charge on any atom is -0.278 e. The third-order valence-corrected chi connectivity index (χ3v) is 6.52. The van der Waals surface area contributed by atoms with E-state index >= 15 is 0 Å². The van der Waals surface area contributed by atoms with Gasteiger partial charge in [-0.1, -0.05) is 78.9 Å². The molecule has 0 radical (unpaired) electrons. The maximum Gasteiger partial charge on any atom is 0.280 e. The Hall–Kier alpha value is -2.96. The van der Waals surface area contributed by atoms with E-state index in [-0.39, 0.29) is 5.03 Å². The highest BCUT2D eigenvalue weighted by Gasteiger charge is 2.25. The van der Waals surface area contributed by atoms with Crippen LogP contribution in [0, 0.1) is 0 Å². The summed E-state index contributed by atoms with van der Waals surface area (Å²) in [7, 11) is -3.83. The molecule has 4 nitrogen and oxygen atoms in total. The predicted octanol–water partition coefficient (Wildman–Crippen LogP) is 5.28. The smallest absolute Gasteiger partial charge is 0.278 e. The summed E-state index contributed by atoms with van der Waals surface area (Å²) in [6.45, 7) is 0. The Labute approximate surface area is 162 Å². The zero-order chi connectivity index (χ0) is 18.7. The number of sulfonamides is 1. The van der Waals surface area contributed by atoms with E-state index in [2.05, 4.69) is 9.71 Å². The number of hydrogen-bond acceptors (Lipinski definition) is 4. The summed E-state index contributed by atoms with van der Waals surface area (Å²) in [5.41, 5.74) is 2.22. The first-order valence-corrected chi connectivity index (χ1v) is 10.6. The van der Waals surface area contributed by atoms with E-state index < -0.39 is 10.0 Å². The number of nitrogens with one attached hydrogen (secondary N) is 1. The molecule has 4 aromatic rings. The van der Waals surface area contributed by atoms with Crippen LogP contribution >= 0.6 is 11.3 Å². The van der Waals surface area contributed by atoms with Crippen molar-refractivity contribution in [3.63, 3.8) is 0 Å². The van der Waals surface area contributed by atoms with Crippen molar-refractivity contribution >= 4 is 27.0 Å². The zero-order valence-electron chi connectivity index (χ0n) is 14.2. The van der Waals surface area contributed by atoms with Gasteiger partial charge in [0.2, 0.25) is 0 Å². The van der Waals surface area contributed by atoms with Gasteiger partial charge in [-0.05, 0) is 17.7 Å². The second kappa shape index (κ2) is 7.34. The number of para-hydroxylation sites is 1. The van der Waals surface area contributed by atoms with Gasteiger partial charge in [-0.2, -0.15) is 8.42 Å². The van der Waals surface area contributed by atoms with Gasteiger partial charge >= 0.3 is 0 Å². The number of benzene rings is 3. The first kappa shape index (κ1) is 17.5. The highest BCUT2D eigenvalue weighted by atomic mass is 32.2. The van der Waals surface area contributed by atoms with E-state index in [9.17, 15) is 8.42 Å². The Morgan fingerprint density at radius 3 is 1.81 bits per heavy atom. The molecule has 0 bridgehead atoms. The Morgan fingerprint density at radius 1 is 0.704 bits per heavy atom. The maximum atomic E-state index is 13.1. The van der Waals surface area contributed by atoms with E-state index in [4.69, 9.17) is 0 Å². The lowest BCUT2D eigenvalue weighted by atomic mass is 10.2. The van der Waals surface area contributed by atoms with E-state index in [1.165, 1.54) is 11.3 Å². The molecule has 0 saturated carbocycles. The van der Waals surface area contributed by atoms with Crippen LogP contribution in [0.25, 0.3) is 21.0 Å². The Bertz CT molecular complexity index is 1140. The van der Waals surface area contributed by atoms with Gasteiger partial charge in [0.25, 0.3) is 10.0 Å². The molecule has 0 amide bonds. The summed E-state index contributed by atoms with van der Waals surface area (Å²) in [6.07, 6.45) is 0. The number of hydrogen-bond donors (Lipinski definition) is 1. The van der Waals surface area contributed by atoms with Crippen molar-refractivity contribution in [3.05, 3.63) is 91.0 Å². The molecular weight excluding hydrogens is 376 g/mol. The molecule has 6 heteroatoms. The van der Waals surface area contributed by atoms with Crippen LogP contribution in [-0.2, 0) is 10.0 Å². The van der Waals surface area contributed by atoms with Gasteiger partial charge in [0.05, 0.1) is 4.88 Å². The fourth-order valence-corrected chi connectivity index (χ4v) is 5.27. The van der Waals surface area contributed by atoms with Gasteiger partial charge in [-0.3, -0.25) is 4.72 Å². The highest BCUT2D eigenvalue weighted by molar-refractivity contribution is 7.93. The standard InChI is InChI=1S/C21H16N2O2S2/c24-27(25,23-18-14-8-3-9-15-18)21-19(16-10-4-1-5-11-16)26-20(22-21)17-12-6-2-7-13-17/h1-15,23H. The molecule has 0 atom stereocenters. The van der Waals surface area contributed by atoms with Crippen molar-refractivity contribution in [3.8, 4) is 21.0 Å². The molecule has 0 unspecified atom stereocenters. The average Bonchev–Trinajstić information content (AvgIpc) is 3.16. The number of rotatable bonds is 5. The fourth-order valence-electron chi connectivity index (χ4n) is 2.67. The summed E-state index contributed by atoms with van der Waals surface area (Å²) in [6, 6.07) is 27.9. The molecule has 3 aromatic carbocycles.